The number of carboxylic acids is 1. The van der Waals surface area contributed by atoms with Crippen molar-refractivity contribution in [2.24, 2.45) is 5.92 Å². The molecular weight excluding hydrogens is 242 g/mol. The number of aliphatic carboxylic acids is 1. The van der Waals surface area contributed by atoms with E-state index in [0.29, 0.717) is 19.3 Å². The van der Waals surface area contributed by atoms with Crippen molar-refractivity contribution >= 4 is 11.8 Å². The van der Waals surface area contributed by atoms with Crippen LogP contribution < -0.4 is 0 Å². The van der Waals surface area contributed by atoms with Gasteiger partial charge in [0.2, 0.25) is 0 Å². The van der Waals surface area contributed by atoms with Gasteiger partial charge in [0.25, 0.3) is 0 Å². The molecule has 1 aliphatic carbocycles. The van der Waals surface area contributed by atoms with Crippen LogP contribution in [0.25, 0.3) is 0 Å². The van der Waals surface area contributed by atoms with E-state index >= 15 is 0 Å². The van der Waals surface area contributed by atoms with Crippen LogP contribution in [0.4, 0.5) is 0 Å². The SMILES string of the molecule is O=C1CC(N2CCC(C(=O)O)CC2)c2ccccc21. The van der Waals surface area contributed by atoms with Crippen LogP contribution in [0.3, 0.4) is 0 Å². The average molecular weight is 259 g/mol. The zero-order chi connectivity index (χ0) is 13.4. The summed E-state index contributed by atoms with van der Waals surface area (Å²) in [5, 5.41) is 9.02. The van der Waals surface area contributed by atoms with E-state index in [-0.39, 0.29) is 17.7 Å². The summed E-state index contributed by atoms with van der Waals surface area (Å²) in [6.07, 6.45) is 1.90. The predicted molar refractivity (Wildman–Crippen MR) is 70.1 cm³/mol. The second kappa shape index (κ2) is 4.78. The van der Waals surface area contributed by atoms with E-state index in [2.05, 4.69) is 4.90 Å². The van der Waals surface area contributed by atoms with Crippen molar-refractivity contribution in [2.75, 3.05) is 13.1 Å². The van der Waals surface area contributed by atoms with E-state index in [0.717, 1.165) is 24.2 Å². The maximum Gasteiger partial charge on any atom is 0.306 e. The molecule has 0 radical (unpaired) electrons. The van der Waals surface area contributed by atoms with E-state index in [1.165, 1.54) is 0 Å². The zero-order valence-corrected chi connectivity index (χ0v) is 10.7. The van der Waals surface area contributed by atoms with Crippen LogP contribution in [0.2, 0.25) is 0 Å². The lowest BCUT2D eigenvalue weighted by atomic mass is 9.95. The molecule has 4 nitrogen and oxygen atoms in total. The molecule has 1 N–H and O–H groups in total. The lowest BCUT2D eigenvalue weighted by Crippen LogP contribution is -2.38. The van der Waals surface area contributed by atoms with E-state index in [4.69, 9.17) is 5.11 Å². The number of benzene rings is 1. The number of likely N-dealkylation sites (tertiary alicyclic amines) is 1. The van der Waals surface area contributed by atoms with Gasteiger partial charge in [0, 0.05) is 18.0 Å². The van der Waals surface area contributed by atoms with Crippen LogP contribution in [-0.4, -0.2) is 34.8 Å². The maximum atomic E-state index is 12.0. The van der Waals surface area contributed by atoms with Crippen molar-refractivity contribution in [3.8, 4) is 0 Å². The fourth-order valence-electron chi connectivity index (χ4n) is 3.22. The lowest BCUT2D eigenvalue weighted by Gasteiger charge is -2.34. The number of rotatable bonds is 2. The highest BCUT2D eigenvalue weighted by molar-refractivity contribution is 6.01. The molecule has 1 aromatic carbocycles. The van der Waals surface area contributed by atoms with Gasteiger partial charge < -0.3 is 5.11 Å². The summed E-state index contributed by atoms with van der Waals surface area (Å²) < 4.78 is 0. The summed E-state index contributed by atoms with van der Waals surface area (Å²) in [6.45, 7) is 1.53. The highest BCUT2D eigenvalue weighted by atomic mass is 16.4. The molecule has 1 unspecified atom stereocenters. The van der Waals surface area contributed by atoms with Crippen LogP contribution in [0.5, 0.6) is 0 Å². The molecule has 0 amide bonds. The average Bonchev–Trinajstić information content (AvgIpc) is 2.77. The highest BCUT2D eigenvalue weighted by Gasteiger charge is 2.35. The van der Waals surface area contributed by atoms with Gasteiger partial charge in [-0.15, -0.1) is 0 Å². The molecule has 1 fully saturated rings. The Morgan fingerprint density at radius 1 is 1.21 bits per heavy atom. The molecule has 0 aromatic heterocycles. The maximum absolute atomic E-state index is 12.0. The first kappa shape index (κ1) is 12.4. The largest absolute Gasteiger partial charge is 0.481 e. The smallest absolute Gasteiger partial charge is 0.306 e. The molecule has 100 valence electrons. The molecule has 1 heterocycles. The molecule has 1 atom stereocenters. The van der Waals surface area contributed by atoms with E-state index in [1.807, 2.05) is 24.3 Å². The van der Waals surface area contributed by atoms with Gasteiger partial charge in [-0.3, -0.25) is 14.5 Å². The van der Waals surface area contributed by atoms with Gasteiger partial charge in [0.05, 0.1) is 5.92 Å². The quantitative estimate of drug-likeness (QED) is 0.883. The summed E-state index contributed by atoms with van der Waals surface area (Å²) in [5.41, 5.74) is 1.95. The molecule has 1 saturated heterocycles. The topological polar surface area (TPSA) is 57.6 Å². The summed E-state index contributed by atoms with van der Waals surface area (Å²) in [4.78, 5) is 25.2. The van der Waals surface area contributed by atoms with Gasteiger partial charge in [-0.2, -0.15) is 0 Å². The fraction of sp³-hybridized carbons (Fsp3) is 0.467. The molecule has 0 spiro atoms. The number of carboxylic acid groups (broad SMARTS) is 1. The third-order valence-corrected chi connectivity index (χ3v) is 4.32. The summed E-state index contributed by atoms with van der Waals surface area (Å²) in [5.74, 6) is -0.702. The van der Waals surface area contributed by atoms with Gasteiger partial charge in [-0.05, 0) is 31.5 Å². The van der Waals surface area contributed by atoms with Crippen molar-refractivity contribution < 1.29 is 14.7 Å². The number of hydrogen-bond donors (Lipinski definition) is 1. The van der Waals surface area contributed by atoms with Crippen molar-refractivity contribution in [2.45, 2.75) is 25.3 Å². The third-order valence-electron chi connectivity index (χ3n) is 4.32. The van der Waals surface area contributed by atoms with Crippen LogP contribution in [-0.2, 0) is 4.79 Å². The van der Waals surface area contributed by atoms with Crippen molar-refractivity contribution in [1.29, 1.82) is 0 Å². The Kier molecular flexibility index (Phi) is 3.11. The number of fused-ring (bicyclic) bond motifs is 1. The van der Waals surface area contributed by atoms with Crippen LogP contribution in [0, 0.1) is 5.92 Å². The number of nitrogens with zero attached hydrogens (tertiary/aromatic N) is 1. The minimum Gasteiger partial charge on any atom is -0.481 e. The first-order valence-corrected chi connectivity index (χ1v) is 6.76. The van der Waals surface area contributed by atoms with E-state index in [1.54, 1.807) is 0 Å². The zero-order valence-electron chi connectivity index (χ0n) is 10.7. The van der Waals surface area contributed by atoms with E-state index in [9.17, 15) is 9.59 Å². The molecule has 2 aliphatic rings. The summed E-state index contributed by atoms with van der Waals surface area (Å²) in [7, 11) is 0. The van der Waals surface area contributed by atoms with Crippen LogP contribution >= 0.6 is 0 Å². The Balaban J connectivity index is 1.75. The third kappa shape index (κ3) is 2.16. The fourth-order valence-corrected chi connectivity index (χ4v) is 3.22. The Labute approximate surface area is 112 Å². The molecule has 4 heteroatoms. The Bertz CT molecular complexity index is 518. The Hall–Kier alpha value is -1.68. The molecule has 0 bridgehead atoms. The minimum absolute atomic E-state index is 0.151. The van der Waals surface area contributed by atoms with Crippen LogP contribution in [0.1, 0.15) is 41.2 Å². The van der Waals surface area contributed by atoms with Gasteiger partial charge in [0.1, 0.15) is 0 Å². The predicted octanol–water partition coefficient (Wildman–Crippen LogP) is 2.11. The summed E-state index contributed by atoms with van der Waals surface area (Å²) >= 11 is 0. The second-order valence-electron chi connectivity index (χ2n) is 5.38. The van der Waals surface area contributed by atoms with Crippen molar-refractivity contribution in [3.05, 3.63) is 35.4 Å². The molecule has 1 aliphatic heterocycles. The number of carbonyl (C=O) groups is 2. The molecular formula is C15H17NO3. The standard InChI is InChI=1S/C15H17NO3/c17-14-9-13(11-3-1-2-4-12(11)14)16-7-5-10(6-8-16)15(18)19/h1-4,10,13H,5-9H2,(H,18,19). The van der Waals surface area contributed by atoms with Crippen LogP contribution in [0.15, 0.2) is 24.3 Å². The Morgan fingerprint density at radius 2 is 1.89 bits per heavy atom. The molecule has 3 rings (SSSR count). The molecule has 19 heavy (non-hydrogen) atoms. The molecule has 0 saturated carbocycles. The summed E-state index contributed by atoms with van der Waals surface area (Å²) in [6, 6.07) is 7.93. The Morgan fingerprint density at radius 3 is 2.58 bits per heavy atom. The van der Waals surface area contributed by atoms with Crippen molar-refractivity contribution in [1.82, 2.24) is 4.90 Å². The number of Topliss-reactive ketones (excluding diaryl/α,β-unsaturated/α-hetero) is 1. The van der Waals surface area contributed by atoms with E-state index < -0.39 is 5.97 Å². The van der Waals surface area contributed by atoms with Gasteiger partial charge in [-0.1, -0.05) is 24.3 Å². The first-order chi connectivity index (χ1) is 9.16. The number of carbonyl (C=O) groups excluding carboxylic acids is 1. The normalized spacial score (nSPS) is 24.4. The number of hydrogen-bond acceptors (Lipinski definition) is 3. The highest BCUT2D eigenvalue weighted by Crippen LogP contribution is 2.37. The lowest BCUT2D eigenvalue weighted by molar-refractivity contribution is -0.143. The van der Waals surface area contributed by atoms with Crippen molar-refractivity contribution in [3.63, 3.8) is 0 Å². The molecule has 1 aromatic rings. The monoisotopic (exact) mass is 259 g/mol. The second-order valence-corrected chi connectivity index (χ2v) is 5.38. The number of ketones is 1. The van der Waals surface area contributed by atoms with Gasteiger partial charge in [-0.25, -0.2) is 0 Å². The van der Waals surface area contributed by atoms with Gasteiger partial charge in [0.15, 0.2) is 5.78 Å². The number of piperidine rings is 1. The minimum atomic E-state index is -0.692. The van der Waals surface area contributed by atoms with Gasteiger partial charge >= 0.3 is 5.97 Å². The first-order valence-electron chi connectivity index (χ1n) is 6.76.